The highest BCUT2D eigenvalue weighted by molar-refractivity contribution is 5.27. The number of aliphatic hydroxyl groups is 1. The van der Waals surface area contributed by atoms with Crippen LogP contribution in [0.1, 0.15) is 5.56 Å². The monoisotopic (exact) mass is 311 g/mol. The first-order chi connectivity index (χ1) is 9.85. The van der Waals surface area contributed by atoms with Crippen molar-refractivity contribution in [3.05, 3.63) is 29.8 Å². The van der Waals surface area contributed by atoms with E-state index in [1.165, 1.54) is 0 Å². The number of halogens is 4. The molecule has 1 rings (SSSR count). The molecule has 1 aromatic rings. The number of nitrogens with two attached hydrogens (primary N) is 1. The first-order valence-corrected chi connectivity index (χ1v) is 6.18. The molecule has 4 nitrogen and oxygen atoms in total. The van der Waals surface area contributed by atoms with Crippen LogP contribution in [0.4, 0.5) is 17.6 Å². The molecular formula is C13H17F4NO3. The predicted molar refractivity (Wildman–Crippen MR) is 67.6 cm³/mol. The molecule has 0 aliphatic carbocycles. The Labute approximate surface area is 119 Å². The average Bonchev–Trinajstić information content (AvgIpc) is 2.45. The Kier molecular flexibility index (Phi) is 6.86. The molecule has 0 fully saturated rings. The number of hydrogen-bond donors (Lipinski definition) is 2. The number of aliphatic hydroxyl groups excluding tert-OH is 1. The quantitative estimate of drug-likeness (QED) is 0.683. The van der Waals surface area contributed by atoms with Crippen molar-refractivity contribution in [1.82, 2.24) is 0 Å². The molecule has 0 bridgehead atoms. The maximum atomic E-state index is 12.5. The summed E-state index contributed by atoms with van der Waals surface area (Å²) in [5.74, 6) is -3.76. The maximum Gasteiger partial charge on any atom is 0.330 e. The molecule has 3 N–H and O–H groups in total. The lowest BCUT2D eigenvalue weighted by Crippen LogP contribution is -2.34. The number of alkyl halides is 4. The first kappa shape index (κ1) is 17.7. The summed E-state index contributed by atoms with van der Waals surface area (Å²) in [7, 11) is 0. The summed E-state index contributed by atoms with van der Waals surface area (Å²) in [6, 6.07) is 6.75. The van der Waals surface area contributed by atoms with Gasteiger partial charge in [-0.15, -0.1) is 0 Å². The molecule has 0 aliphatic heterocycles. The van der Waals surface area contributed by atoms with Crippen LogP contribution in [0.15, 0.2) is 24.3 Å². The van der Waals surface area contributed by atoms with Crippen molar-refractivity contribution in [3.8, 4) is 5.75 Å². The maximum absolute atomic E-state index is 12.5. The van der Waals surface area contributed by atoms with Crippen LogP contribution in [0.2, 0.25) is 0 Å². The van der Waals surface area contributed by atoms with Gasteiger partial charge in [0.05, 0.1) is 6.61 Å². The third-order valence-electron chi connectivity index (χ3n) is 2.53. The van der Waals surface area contributed by atoms with Crippen LogP contribution in [0.3, 0.4) is 0 Å². The van der Waals surface area contributed by atoms with Gasteiger partial charge in [0.1, 0.15) is 25.1 Å². The Bertz CT molecular complexity index is 414. The van der Waals surface area contributed by atoms with Gasteiger partial charge in [0, 0.05) is 6.54 Å². The van der Waals surface area contributed by atoms with Gasteiger partial charge in [0.2, 0.25) is 0 Å². The van der Waals surface area contributed by atoms with Crippen molar-refractivity contribution in [2.75, 3.05) is 19.8 Å². The zero-order valence-electron chi connectivity index (χ0n) is 11.1. The predicted octanol–water partition coefficient (Wildman–Crippen LogP) is 1.80. The van der Waals surface area contributed by atoms with E-state index in [4.69, 9.17) is 10.5 Å². The average molecular weight is 311 g/mol. The second-order valence-electron chi connectivity index (χ2n) is 4.39. The van der Waals surface area contributed by atoms with E-state index in [-0.39, 0.29) is 6.61 Å². The van der Waals surface area contributed by atoms with E-state index in [2.05, 4.69) is 4.74 Å². The van der Waals surface area contributed by atoms with E-state index in [9.17, 15) is 22.7 Å². The Balaban J connectivity index is 2.26. The molecule has 1 atom stereocenters. The van der Waals surface area contributed by atoms with Crippen molar-refractivity contribution < 1.29 is 32.1 Å². The molecule has 0 saturated carbocycles. The number of ether oxygens (including phenoxy) is 2. The fraction of sp³-hybridized carbons (Fsp3) is 0.538. The van der Waals surface area contributed by atoms with Crippen LogP contribution in [0.5, 0.6) is 5.75 Å². The van der Waals surface area contributed by atoms with Gasteiger partial charge in [0.25, 0.3) is 0 Å². The lowest BCUT2D eigenvalue weighted by molar-refractivity contribution is -0.171. The third kappa shape index (κ3) is 6.28. The smallest absolute Gasteiger partial charge is 0.330 e. The van der Waals surface area contributed by atoms with Crippen molar-refractivity contribution in [2.24, 2.45) is 5.73 Å². The van der Waals surface area contributed by atoms with Crippen LogP contribution in [-0.2, 0) is 11.3 Å². The molecule has 1 aromatic carbocycles. The second kappa shape index (κ2) is 8.16. The minimum atomic E-state index is -4.22. The Morgan fingerprint density at radius 1 is 1.14 bits per heavy atom. The highest BCUT2D eigenvalue weighted by Gasteiger charge is 2.41. The Morgan fingerprint density at radius 2 is 1.76 bits per heavy atom. The second-order valence-corrected chi connectivity index (χ2v) is 4.39. The summed E-state index contributed by atoms with van der Waals surface area (Å²) < 4.78 is 58.3. The van der Waals surface area contributed by atoms with E-state index in [0.29, 0.717) is 12.3 Å². The number of rotatable bonds is 9. The highest BCUT2D eigenvalue weighted by Crippen LogP contribution is 2.22. The highest BCUT2D eigenvalue weighted by atomic mass is 19.3. The lowest BCUT2D eigenvalue weighted by Gasteiger charge is -2.17. The topological polar surface area (TPSA) is 64.7 Å². The summed E-state index contributed by atoms with van der Waals surface area (Å²) in [4.78, 5) is 0. The molecule has 21 heavy (non-hydrogen) atoms. The fourth-order valence-corrected chi connectivity index (χ4v) is 1.36. The van der Waals surface area contributed by atoms with Gasteiger partial charge in [-0.3, -0.25) is 0 Å². The zero-order valence-corrected chi connectivity index (χ0v) is 11.1. The SMILES string of the molecule is NCc1ccc(OCC(O)COCC(F)(F)C(F)F)cc1. The summed E-state index contributed by atoms with van der Waals surface area (Å²) in [6.45, 7) is -1.80. The van der Waals surface area contributed by atoms with E-state index >= 15 is 0 Å². The molecule has 0 heterocycles. The summed E-state index contributed by atoms with van der Waals surface area (Å²) in [5.41, 5.74) is 6.32. The molecule has 0 aromatic heterocycles. The number of benzene rings is 1. The van der Waals surface area contributed by atoms with Gasteiger partial charge in [-0.05, 0) is 17.7 Å². The third-order valence-corrected chi connectivity index (χ3v) is 2.53. The van der Waals surface area contributed by atoms with Crippen LogP contribution >= 0.6 is 0 Å². The van der Waals surface area contributed by atoms with E-state index in [0.717, 1.165) is 5.56 Å². The summed E-state index contributed by atoms with van der Waals surface area (Å²) >= 11 is 0. The van der Waals surface area contributed by atoms with E-state index in [1.54, 1.807) is 24.3 Å². The van der Waals surface area contributed by atoms with Crippen molar-refractivity contribution in [3.63, 3.8) is 0 Å². The molecule has 1 unspecified atom stereocenters. The van der Waals surface area contributed by atoms with Gasteiger partial charge in [-0.2, -0.15) is 8.78 Å². The van der Waals surface area contributed by atoms with Crippen molar-refractivity contribution >= 4 is 0 Å². The molecule has 0 aliphatic rings. The van der Waals surface area contributed by atoms with Gasteiger partial charge < -0.3 is 20.3 Å². The van der Waals surface area contributed by atoms with Crippen LogP contribution in [0.25, 0.3) is 0 Å². The molecule has 0 spiro atoms. The standard InChI is InChI=1S/C13H17F4NO3/c14-12(15)13(16,17)8-20-6-10(19)7-21-11-3-1-9(5-18)2-4-11/h1-4,10,12,19H,5-8,18H2. The largest absolute Gasteiger partial charge is 0.491 e. The molecule has 0 radical (unpaired) electrons. The minimum Gasteiger partial charge on any atom is -0.491 e. The van der Waals surface area contributed by atoms with Crippen LogP contribution in [0, 0.1) is 0 Å². The molecule has 0 amide bonds. The minimum absolute atomic E-state index is 0.206. The molecule has 120 valence electrons. The van der Waals surface area contributed by atoms with Crippen LogP contribution < -0.4 is 10.5 Å². The van der Waals surface area contributed by atoms with Gasteiger partial charge in [0.15, 0.2) is 0 Å². The normalized spacial score (nSPS) is 13.5. The van der Waals surface area contributed by atoms with Gasteiger partial charge in [-0.25, -0.2) is 8.78 Å². The van der Waals surface area contributed by atoms with Gasteiger partial charge in [-0.1, -0.05) is 12.1 Å². The van der Waals surface area contributed by atoms with E-state index in [1.807, 2.05) is 0 Å². The van der Waals surface area contributed by atoms with Crippen LogP contribution in [-0.4, -0.2) is 43.4 Å². The summed E-state index contributed by atoms with van der Waals surface area (Å²) in [6.07, 6.45) is -5.00. The molecule has 0 saturated heterocycles. The molecule has 8 heteroatoms. The molecular weight excluding hydrogens is 294 g/mol. The van der Waals surface area contributed by atoms with E-state index < -0.39 is 31.7 Å². The number of hydrogen-bond acceptors (Lipinski definition) is 4. The summed E-state index contributed by atoms with van der Waals surface area (Å²) in [5, 5.41) is 9.44. The van der Waals surface area contributed by atoms with Crippen molar-refractivity contribution in [2.45, 2.75) is 25.0 Å². The Hall–Kier alpha value is -1.38. The zero-order chi connectivity index (χ0) is 15.9. The fourth-order valence-electron chi connectivity index (χ4n) is 1.36. The first-order valence-electron chi connectivity index (χ1n) is 6.18. The van der Waals surface area contributed by atoms with Crippen molar-refractivity contribution in [1.29, 1.82) is 0 Å². The van der Waals surface area contributed by atoms with Gasteiger partial charge >= 0.3 is 12.3 Å². The Morgan fingerprint density at radius 3 is 2.29 bits per heavy atom. The lowest BCUT2D eigenvalue weighted by atomic mass is 10.2.